The fraction of sp³-hybridized carbons (Fsp3) is 0. The molecule has 0 aliphatic heterocycles. The molecule has 0 aliphatic rings. The molecule has 0 saturated carbocycles. The largest absolute Gasteiger partial charge is 0.264 e. The molecule has 2 heterocycles. The highest BCUT2D eigenvalue weighted by Crippen LogP contribution is 2.26. The van der Waals surface area contributed by atoms with Crippen molar-refractivity contribution in [3.63, 3.8) is 0 Å². The van der Waals surface area contributed by atoms with Gasteiger partial charge in [0.1, 0.15) is 0 Å². The number of hydrogen-bond donors (Lipinski definition) is 0. The van der Waals surface area contributed by atoms with Crippen molar-refractivity contribution in [3.8, 4) is 11.3 Å². The molecular weight excluding hydrogens is 278 g/mol. The van der Waals surface area contributed by atoms with Crippen LogP contribution in [0.1, 0.15) is 0 Å². The number of para-hydroxylation sites is 1. The molecule has 3 rings (SSSR count). The van der Waals surface area contributed by atoms with E-state index < -0.39 is 0 Å². The molecule has 0 unspecified atom stereocenters. The quantitative estimate of drug-likeness (QED) is 0.643. The zero-order valence-corrected chi connectivity index (χ0v) is 10.4. The molecule has 0 spiro atoms. The van der Waals surface area contributed by atoms with Gasteiger partial charge in [-0.1, -0.05) is 18.2 Å². The first-order valence-electron chi connectivity index (χ1n) is 5.17. The van der Waals surface area contributed by atoms with Gasteiger partial charge in [0.25, 0.3) is 0 Å². The van der Waals surface area contributed by atoms with E-state index in [1.54, 1.807) is 12.4 Å². The first kappa shape index (κ1) is 10.4. The number of aromatic nitrogens is 3. The molecule has 0 bridgehead atoms. The third-order valence-corrected chi connectivity index (χ3v) is 2.87. The van der Waals surface area contributed by atoms with Crippen LogP contribution in [-0.4, -0.2) is 15.0 Å². The lowest BCUT2D eigenvalue weighted by molar-refractivity contribution is 1.16. The molecule has 0 amide bonds. The summed E-state index contributed by atoms with van der Waals surface area (Å²) < 4.78 is 0.593. The number of hydrogen-bond acceptors (Lipinski definition) is 3. The average Bonchev–Trinajstić information content (AvgIpc) is 2.39. The summed E-state index contributed by atoms with van der Waals surface area (Å²) in [5.74, 6) is 0. The Morgan fingerprint density at radius 3 is 2.65 bits per heavy atom. The van der Waals surface area contributed by atoms with E-state index in [0.29, 0.717) is 4.73 Å². The van der Waals surface area contributed by atoms with E-state index in [9.17, 15) is 0 Å². The Morgan fingerprint density at radius 1 is 0.941 bits per heavy atom. The van der Waals surface area contributed by atoms with Gasteiger partial charge in [0.2, 0.25) is 0 Å². The van der Waals surface area contributed by atoms with Gasteiger partial charge in [-0.15, -0.1) is 0 Å². The highest BCUT2D eigenvalue weighted by Gasteiger charge is 2.07. The van der Waals surface area contributed by atoms with Gasteiger partial charge in [-0.05, 0) is 34.1 Å². The van der Waals surface area contributed by atoms with E-state index in [4.69, 9.17) is 0 Å². The van der Waals surface area contributed by atoms with Gasteiger partial charge < -0.3 is 0 Å². The average molecular weight is 286 g/mol. The van der Waals surface area contributed by atoms with Gasteiger partial charge in [0.15, 0.2) is 4.73 Å². The second kappa shape index (κ2) is 4.22. The maximum Gasteiger partial charge on any atom is 0.197 e. The van der Waals surface area contributed by atoms with Crippen molar-refractivity contribution < 1.29 is 0 Å². The van der Waals surface area contributed by atoms with Crippen LogP contribution in [0.15, 0.2) is 53.5 Å². The smallest absolute Gasteiger partial charge is 0.197 e. The molecule has 0 atom stereocenters. The predicted molar refractivity (Wildman–Crippen MR) is 70.5 cm³/mol. The molecule has 17 heavy (non-hydrogen) atoms. The minimum absolute atomic E-state index is 0.593. The molecular formula is C13H8BrN3. The van der Waals surface area contributed by atoms with Crippen LogP contribution < -0.4 is 0 Å². The standard InChI is InChI=1S/C13H8BrN3/c14-13-16-11-6-2-1-5-10(11)12(17-13)9-4-3-7-15-8-9/h1-8H. The summed E-state index contributed by atoms with van der Waals surface area (Å²) in [6.07, 6.45) is 3.56. The lowest BCUT2D eigenvalue weighted by Gasteiger charge is -2.05. The van der Waals surface area contributed by atoms with Gasteiger partial charge >= 0.3 is 0 Å². The van der Waals surface area contributed by atoms with Crippen molar-refractivity contribution in [2.24, 2.45) is 0 Å². The molecule has 82 valence electrons. The van der Waals surface area contributed by atoms with Gasteiger partial charge in [-0.3, -0.25) is 4.98 Å². The van der Waals surface area contributed by atoms with Crippen molar-refractivity contribution in [1.29, 1.82) is 0 Å². The van der Waals surface area contributed by atoms with E-state index in [1.807, 2.05) is 36.4 Å². The summed E-state index contributed by atoms with van der Waals surface area (Å²) in [7, 11) is 0. The van der Waals surface area contributed by atoms with Crippen molar-refractivity contribution in [1.82, 2.24) is 15.0 Å². The van der Waals surface area contributed by atoms with Crippen molar-refractivity contribution >= 4 is 26.8 Å². The molecule has 0 aliphatic carbocycles. The SMILES string of the molecule is Brc1nc(-c2cccnc2)c2ccccc2n1. The van der Waals surface area contributed by atoms with Crippen LogP contribution in [0.25, 0.3) is 22.2 Å². The third-order valence-electron chi connectivity index (χ3n) is 2.51. The van der Waals surface area contributed by atoms with Crippen LogP contribution in [-0.2, 0) is 0 Å². The molecule has 0 radical (unpaired) electrons. The fourth-order valence-electron chi connectivity index (χ4n) is 1.77. The van der Waals surface area contributed by atoms with Crippen LogP contribution in [0, 0.1) is 0 Å². The Morgan fingerprint density at radius 2 is 1.82 bits per heavy atom. The lowest BCUT2D eigenvalue weighted by Crippen LogP contribution is -1.91. The molecule has 4 heteroatoms. The van der Waals surface area contributed by atoms with Crippen LogP contribution in [0.2, 0.25) is 0 Å². The molecule has 2 aromatic heterocycles. The normalized spacial score (nSPS) is 10.6. The van der Waals surface area contributed by atoms with Gasteiger partial charge in [0, 0.05) is 23.3 Å². The third kappa shape index (κ3) is 1.91. The summed E-state index contributed by atoms with van der Waals surface area (Å²) >= 11 is 3.34. The maximum atomic E-state index is 4.44. The number of halogens is 1. The summed E-state index contributed by atoms with van der Waals surface area (Å²) in [6, 6.07) is 11.8. The van der Waals surface area contributed by atoms with Crippen molar-refractivity contribution in [2.45, 2.75) is 0 Å². The van der Waals surface area contributed by atoms with E-state index in [1.165, 1.54) is 0 Å². The summed E-state index contributed by atoms with van der Waals surface area (Å²) in [5, 5.41) is 1.03. The van der Waals surface area contributed by atoms with Gasteiger partial charge in [-0.25, -0.2) is 9.97 Å². The van der Waals surface area contributed by atoms with Gasteiger partial charge in [-0.2, -0.15) is 0 Å². The highest BCUT2D eigenvalue weighted by molar-refractivity contribution is 9.10. The number of nitrogens with zero attached hydrogens (tertiary/aromatic N) is 3. The minimum Gasteiger partial charge on any atom is -0.264 e. The number of fused-ring (bicyclic) bond motifs is 1. The molecule has 1 aromatic carbocycles. The first-order chi connectivity index (χ1) is 8.34. The van der Waals surface area contributed by atoms with Crippen LogP contribution in [0.4, 0.5) is 0 Å². The molecule has 3 aromatic rings. The second-order valence-corrected chi connectivity index (χ2v) is 4.31. The first-order valence-corrected chi connectivity index (χ1v) is 5.96. The molecule has 0 fully saturated rings. The maximum absolute atomic E-state index is 4.44. The van der Waals surface area contributed by atoms with Gasteiger partial charge in [0.05, 0.1) is 11.2 Å². The van der Waals surface area contributed by atoms with E-state index >= 15 is 0 Å². The summed E-state index contributed by atoms with van der Waals surface area (Å²) in [4.78, 5) is 12.9. The number of benzene rings is 1. The Kier molecular flexibility index (Phi) is 2.57. The molecule has 0 N–H and O–H groups in total. The van der Waals surface area contributed by atoms with Crippen LogP contribution in [0.3, 0.4) is 0 Å². The van der Waals surface area contributed by atoms with E-state index in [2.05, 4.69) is 30.9 Å². The fourth-order valence-corrected chi connectivity index (χ4v) is 2.14. The summed E-state index contributed by atoms with van der Waals surface area (Å²) in [5.41, 5.74) is 2.82. The number of rotatable bonds is 1. The Labute approximate surface area is 107 Å². The van der Waals surface area contributed by atoms with Crippen molar-refractivity contribution in [2.75, 3.05) is 0 Å². The van der Waals surface area contributed by atoms with Crippen molar-refractivity contribution in [3.05, 3.63) is 53.5 Å². The highest BCUT2D eigenvalue weighted by atomic mass is 79.9. The number of pyridine rings is 1. The zero-order chi connectivity index (χ0) is 11.7. The van der Waals surface area contributed by atoms with Crippen LogP contribution >= 0.6 is 15.9 Å². The monoisotopic (exact) mass is 285 g/mol. The Balaban J connectivity index is 2.36. The second-order valence-electron chi connectivity index (χ2n) is 3.60. The lowest BCUT2D eigenvalue weighted by atomic mass is 10.1. The Hall–Kier alpha value is -1.81. The molecule has 3 nitrogen and oxygen atoms in total. The minimum atomic E-state index is 0.593. The van der Waals surface area contributed by atoms with E-state index in [0.717, 1.165) is 22.2 Å². The summed E-state index contributed by atoms with van der Waals surface area (Å²) in [6.45, 7) is 0. The topological polar surface area (TPSA) is 38.7 Å². The Bertz CT molecular complexity index is 668. The predicted octanol–water partition coefficient (Wildman–Crippen LogP) is 3.45. The molecule has 0 saturated heterocycles. The van der Waals surface area contributed by atoms with Crippen LogP contribution in [0.5, 0.6) is 0 Å². The van der Waals surface area contributed by atoms with E-state index in [-0.39, 0.29) is 0 Å². The zero-order valence-electron chi connectivity index (χ0n) is 8.84.